The van der Waals surface area contributed by atoms with Crippen molar-refractivity contribution in [3.8, 4) is 0 Å². The second kappa shape index (κ2) is 4.61. The van der Waals surface area contributed by atoms with Crippen molar-refractivity contribution < 1.29 is 14.7 Å². The summed E-state index contributed by atoms with van der Waals surface area (Å²) in [6.45, 7) is 0. The number of hydrogen-bond acceptors (Lipinski definition) is 3. The van der Waals surface area contributed by atoms with Gasteiger partial charge < -0.3 is 10.4 Å². The first-order valence-electron chi connectivity index (χ1n) is 5.00. The molecule has 0 saturated heterocycles. The normalized spacial score (nSPS) is 12.0. The molecule has 2 aromatic rings. The highest BCUT2D eigenvalue weighted by molar-refractivity contribution is 5.88. The lowest BCUT2D eigenvalue weighted by molar-refractivity contribution is -0.140. The molecule has 0 radical (unpaired) electrons. The van der Waals surface area contributed by atoms with Gasteiger partial charge >= 0.3 is 5.97 Å². The standard InChI is InChI=1S/C12H10N2O3/c15-7-14-11(12(16)17)9-5-1-3-8-4-2-6-13-10(8)9/h1-7,11H,(H,14,15)(H,16,17). The number of nitrogens with one attached hydrogen (secondary N) is 1. The number of fused-ring (bicyclic) bond motifs is 1. The molecular weight excluding hydrogens is 220 g/mol. The number of amides is 1. The Morgan fingerprint density at radius 2 is 2.12 bits per heavy atom. The second-order valence-electron chi connectivity index (χ2n) is 3.48. The first-order valence-corrected chi connectivity index (χ1v) is 5.00. The number of aliphatic carboxylic acids is 1. The highest BCUT2D eigenvalue weighted by Crippen LogP contribution is 2.22. The molecule has 86 valence electrons. The maximum absolute atomic E-state index is 11.1. The van der Waals surface area contributed by atoms with Crippen LogP contribution < -0.4 is 5.32 Å². The Kier molecular flexibility index (Phi) is 3.00. The van der Waals surface area contributed by atoms with E-state index in [9.17, 15) is 9.59 Å². The average Bonchev–Trinajstić information content (AvgIpc) is 2.35. The molecule has 0 aliphatic rings. The third-order valence-corrected chi connectivity index (χ3v) is 2.46. The number of aromatic nitrogens is 1. The van der Waals surface area contributed by atoms with Crippen LogP contribution in [-0.2, 0) is 9.59 Å². The fraction of sp³-hybridized carbons (Fsp3) is 0.0833. The van der Waals surface area contributed by atoms with E-state index in [2.05, 4.69) is 10.3 Å². The minimum Gasteiger partial charge on any atom is -0.479 e. The van der Waals surface area contributed by atoms with Crippen molar-refractivity contribution in [3.05, 3.63) is 42.1 Å². The Morgan fingerprint density at radius 3 is 2.82 bits per heavy atom. The molecule has 0 saturated carbocycles. The van der Waals surface area contributed by atoms with E-state index >= 15 is 0 Å². The van der Waals surface area contributed by atoms with Crippen molar-refractivity contribution in [2.24, 2.45) is 0 Å². The van der Waals surface area contributed by atoms with Gasteiger partial charge in [0.1, 0.15) is 0 Å². The summed E-state index contributed by atoms with van der Waals surface area (Å²) in [5.74, 6) is -1.12. The highest BCUT2D eigenvalue weighted by atomic mass is 16.4. The third kappa shape index (κ3) is 2.08. The van der Waals surface area contributed by atoms with Crippen molar-refractivity contribution in [2.45, 2.75) is 6.04 Å². The number of nitrogens with zero attached hydrogens (tertiary/aromatic N) is 1. The number of benzene rings is 1. The zero-order valence-electron chi connectivity index (χ0n) is 8.83. The smallest absolute Gasteiger partial charge is 0.330 e. The van der Waals surface area contributed by atoms with E-state index in [1.165, 1.54) is 0 Å². The van der Waals surface area contributed by atoms with E-state index in [0.717, 1.165) is 5.39 Å². The van der Waals surface area contributed by atoms with Gasteiger partial charge in [0.2, 0.25) is 6.41 Å². The number of rotatable bonds is 4. The van der Waals surface area contributed by atoms with Gasteiger partial charge in [-0.3, -0.25) is 9.78 Å². The van der Waals surface area contributed by atoms with Crippen LogP contribution >= 0.6 is 0 Å². The molecule has 0 spiro atoms. The summed E-state index contributed by atoms with van der Waals surface area (Å²) in [6, 6.07) is 7.75. The highest BCUT2D eigenvalue weighted by Gasteiger charge is 2.21. The average molecular weight is 230 g/mol. The van der Waals surface area contributed by atoms with Crippen LogP contribution in [0.3, 0.4) is 0 Å². The topological polar surface area (TPSA) is 79.3 Å². The van der Waals surface area contributed by atoms with E-state index < -0.39 is 12.0 Å². The van der Waals surface area contributed by atoms with Crippen LogP contribution in [0, 0.1) is 0 Å². The summed E-state index contributed by atoms with van der Waals surface area (Å²) in [7, 11) is 0. The van der Waals surface area contributed by atoms with Crippen LogP contribution in [0.15, 0.2) is 36.5 Å². The van der Waals surface area contributed by atoms with Gasteiger partial charge in [-0.2, -0.15) is 0 Å². The fourth-order valence-corrected chi connectivity index (χ4v) is 1.72. The molecule has 1 atom stereocenters. The molecule has 1 unspecified atom stereocenters. The van der Waals surface area contributed by atoms with Crippen molar-refractivity contribution in [1.82, 2.24) is 10.3 Å². The van der Waals surface area contributed by atoms with E-state index in [-0.39, 0.29) is 0 Å². The molecule has 0 aliphatic carbocycles. The molecule has 2 rings (SSSR count). The summed E-state index contributed by atoms with van der Waals surface area (Å²) in [5.41, 5.74) is 1.06. The van der Waals surface area contributed by atoms with Crippen LogP contribution in [-0.4, -0.2) is 22.5 Å². The number of carboxylic acid groups (broad SMARTS) is 1. The van der Waals surface area contributed by atoms with Crippen molar-refractivity contribution in [2.75, 3.05) is 0 Å². The number of pyridine rings is 1. The molecule has 0 aliphatic heterocycles. The number of carbonyl (C=O) groups is 2. The maximum atomic E-state index is 11.1. The molecule has 1 aromatic carbocycles. The number of carbonyl (C=O) groups excluding carboxylic acids is 1. The van der Waals surface area contributed by atoms with Crippen molar-refractivity contribution in [1.29, 1.82) is 0 Å². The molecule has 5 nitrogen and oxygen atoms in total. The van der Waals surface area contributed by atoms with Gasteiger partial charge in [0, 0.05) is 17.1 Å². The summed E-state index contributed by atoms with van der Waals surface area (Å²) >= 11 is 0. The van der Waals surface area contributed by atoms with Gasteiger partial charge in [0.15, 0.2) is 6.04 Å². The predicted molar refractivity (Wildman–Crippen MR) is 61.3 cm³/mol. The molecule has 5 heteroatoms. The zero-order chi connectivity index (χ0) is 12.3. The molecule has 1 heterocycles. The Hall–Kier alpha value is -2.43. The Balaban J connectivity index is 2.60. The Bertz CT molecular complexity index is 563. The van der Waals surface area contributed by atoms with Gasteiger partial charge in [0.05, 0.1) is 5.52 Å². The van der Waals surface area contributed by atoms with E-state index in [1.807, 2.05) is 12.1 Å². The first-order chi connectivity index (χ1) is 8.24. The second-order valence-corrected chi connectivity index (χ2v) is 3.48. The van der Waals surface area contributed by atoms with Crippen LogP contribution in [0.5, 0.6) is 0 Å². The van der Waals surface area contributed by atoms with Crippen molar-refractivity contribution in [3.63, 3.8) is 0 Å². The van der Waals surface area contributed by atoms with Crippen LogP contribution in [0.1, 0.15) is 11.6 Å². The predicted octanol–water partition coefficient (Wildman–Crippen LogP) is 1.11. The molecule has 0 bridgehead atoms. The van der Waals surface area contributed by atoms with Gasteiger partial charge in [-0.05, 0) is 6.07 Å². The van der Waals surface area contributed by atoms with Gasteiger partial charge in [-0.1, -0.05) is 24.3 Å². The maximum Gasteiger partial charge on any atom is 0.330 e. The molecule has 1 aromatic heterocycles. The SMILES string of the molecule is O=CNC(C(=O)O)c1cccc2cccnc12. The third-order valence-electron chi connectivity index (χ3n) is 2.46. The summed E-state index contributed by atoms with van der Waals surface area (Å²) in [6.07, 6.45) is 1.96. The number of para-hydroxylation sites is 1. The van der Waals surface area contributed by atoms with E-state index in [4.69, 9.17) is 5.11 Å². The Morgan fingerprint density at radius 1 is 1.35 bits per heavy atom. The minimum atomic E-state index is -1.12. The van der Waals surface area contributed by atoms with Gasteiger partial charge in [0.25, 0.3) is 0 Å². The van der Waals surface area contributed by atoms with E-state index in [0.29, 0.717) is 17.5 Å². The quantitative estimate of drug-likeness (QED) is 0.771. The van der Waals surface area contributed by atoms with E-state index in [1.54, 1.807) is 24.4 Å². The summed E-state index contributed by atoms with van der Waals surface area (Å²) in [5, 5.41) is 12.2. The number of carboxylic acids is 1. The summed E-state index contributed by atoms with van der Waals surface area (Å²) in [4.78, 5) is 25.7. The monoisotopic (exact) mass is 230 g/mol. The fourth-order valence-electron chi connectivity index (χ4n) is 1.72. The Labute approximate surface area is 97.1 Å². The van der Waals surface area contributed by atoms with Gasteiger partial charge in [-0.15, -0.1) is 0 Å². The summed E-state index contributed by atoms with van der Waals surface area (Å²) < 4.78 is 0. The lowest BCUT2D eigenvalue weighted by Crippen LogP contribution is -2.27. The lowest BCUT2D eigenvalue weighted by atomic mass is 10.0. The molecule has 17 heavy (non-hydrogen) atoms. The largest absolute Gasteiger partial charge is 0.479 e. The molecular formula is C12H10N2O3. The van der Waals surface area contributed by atoms with Gasteiger partial charge in [-0.25, -0.2) is 4.79 Å². The van der Waals surface area contributed by atoms with Crippen molar-refractivity contribution >= 4 is 23.3 Å². The van der Waals surface area contributed by atoms with Crippen LogP contribution in [0.2, 0.25) is 0 Å². The van der Waals surface area contributed by atoms with Crippen LogP contribution in [0.4, 0.5) is 0 Å². The lowest BCUT2D eigenvalue weighted by Gasteiger charge is -2.13. The van der Waals surface area contributed by atoms with Crippen LogP contribution in [0.25, 0.3) is 10.9 Å². The molecule has 1 amide bonds. The number of hydrogen-bond donors (Lipinski definition) is 2. The molecule has 2 N–H and O–H groups in total. The first kappa shape index (κ1) is 11.1. The minimum absolute atomic E-state index is 0.376. The molecule has 0 fully saturated rings. The zero-order valence-corrected chi connectivity index (χ0v) is 8.83.